The van der Waals surface area contributed by atoms with Crippen LogP contribution in [0.5, 0.6) is 0 Å². The number of nitrogens with zero attached hydrogens (tertiary/aromatic N) is 1. The smallest absolute Gasteiger partial charge is 0.245 e. The number of nitrogens with one attached hydrogen (secondary N) is 5. The number of aromatic amines is 1. The third kappa shape index (κ3) is 13.2. The number of hydrogen-bond acceptors (Lipinski definition) is 7. The molecule has 7 rings (SSSR count). The van der Waals surface area contributed by atoms with Gasteiger partial charge in [-0.15, -0.1) is 0 Å². The fraction of sp³-hybridized carbons (Fsp3) is 0.407. The van der Waals surface area contributed by atoms with E-state index >= 15 is 0 Å². The highest BCUT2D eigenvalue weighted by molar-refractivity contribution is 5.97. The average molecular weight is 923 g/mol. The molecule has 2 heterocycles. The molecule has 2 aliphatic rings. The van der Waals surface area contributed by atoms with Crippen LogP contribution in [0.3, 0.4) is 0 Å². The highest BCUT2D eigenvalue weighted by Gasteiger charge is 2.40. The highest BCUT2D eigenvalue weighted by Crippen LogP contribution is 2.30. The minimum atomic E-state index is -1.15. The second kappa shape index (κ2) is 24.3. The first-order chi connectivity index (χ1) is 33.1. The van der Waals surface area contributed by atoms with Gasteiger partial charge in [-0.05, 0) is 72.9 Å². The number of H-pyrrole nitrogens is 1. The number of carbonyl (C=O) groups is 6. The molecule has 0 unspecified atom stereocenters. The number of aromatic nitrogens is 1. The first kappa shape index (κ1) is 49.1. The van der Waals surface area contributed by atoms with Crippen LogP contribution in [0.15, 0.2) is 121 Å². The molecule has 14 heteroatoms. The maximum Gasteiger partial charge on any atom is 0.245 e. The van der Waals surface area contributed by atoms with Crippen LogP contribution in [-0.4, -0.2) is 88.6 Å². The van der Waals surface area contributed by atoms with Gasteiger partial charge in [-0.2, -0.15) is 0 Å². The summed E-state index contributed by atoms with van der Waals surface area (Å²) in [6.45, 7) is 0.618. The van der Waals surface area contributed by atoms with Crippen molar-refractivity contribution in [1.82, 2.24) is 31.2 Å². The number of primary amides is 1. The highest BCUT2D eigenvalue weighted by atomic mass is 16.2. The van der Waals surface area contributed by atoms with Crippen LogP contribution >= 0.6 is 0 Å². The Labute approximate surface area is 398 Å². The molecule has 4 aromatic carbocycles. The van der Waals surface area contributed by atoms with Crippen molar-refractivity contribution in [2.45, 2.75) is 120 Å². The number of amides is 6. The van der Waals surface area contributed by atoms with Gasteiger partial charge in [0.1, 0.15) is 30.2 Å². The second-order valence-corrected chi connectivity index (χ2v) is 18.4. The van der Waals surface area contributed by atoms with Crippen molar-refractivity contribution in [2.24, 2.45) is 17.4 Å². The summed E-state index contributed by atoms with van der Waals surface area (Å²) in [6.07, 6.45) is 9.09. The molecule has 68 heavy (non-hydrogen) atoms. The lowest BCUT2D eigenvalue weighted by atomic mass is 9.84. The molecule has 1 aliphatic heterocycles. The average Bonchev–Trinajstić information content (AvgIpc) is 4.03. The second-order valence-electron chi connectivity index (χ2n) is 18.4. The minimum Gasteiger partial charge on any atom is -0.368 e. The molecule has 14 nitrogen and oxygen atoms in total. The van der Waals surface area contributed by atoms with Crippen molar-refractivity contribution < 1.29 is 28.8 Å². The lowest BCUT2D eigenvalue weighted by Crippen LogP contribution is -2.59. The Hall–Kier alpha value is -6.80. The van der Waals surface area contributed by atoms with Gasteiger partial charge < -0.3 is 42.6 Å². The van der Waals surface area contributed by atoms with Crippen molar-refractivity contribution in [3.63, 3.8) is 0 Å². The van der Waals surface area contributed by atoms with Crippen molar-refractivity contribution in [3.05, 3.63) is 144 Å². The first-order valence-corrected chi connectivity index (χ1v) is 24.3. The van der Waals surface area contributed by atoms with Gasteiger partial charge in [0.25, 0.3) is 0 Å². The van der Waals surface area contributed by atoms with Crippen molar-refractivity contribution in [1.29, 1.82) is 0 Å². The molecule has 2 fully saturated rings. The molecule has 0 spiro atoms. The number of nitrogens with two attached hydrogens (primary N) is 2. The maximum absolute atomic E-state index is 14.7. The summed E-state index contributed by atoms with van der Waals surface area (Å²) in [5.41, 5.74) is 16.1. The van der Waals surface area contributed by atoms with E-state index in [1.807, 2.05) is 115 Å². The Morgan fingerprint density at radius 2 is 1.26 bits per heavy atom. The van der Waals surface area contributed by atoms with E-state index in [1.165, 1.54) is 4.90 Å². The van der Waals surface area contributed by atoms with Crippen LogP contribution < -0.4 is 32.7 Å². The summed E-state index contributed by atoms with van der Waals surface area (Å²) in [6, 6.07) is 31.4. The van der Waals surface area contributed by atoms with E-state index in [0.29, 0.717) is 45.2 Å². The Kier molecular flexibility index (Phi) is 17.5. The van der Waals surface area contributed by atoms with Crippen LogP contribution in [0, 0.1) is 5.92 Å². The summed E-state index contributed by atoms with van der Waals surface area (Å²) in [4.78, 5) is 89.5. The van der Waals surface area contributed by atoms with Gasteiger partial charge in [0.05, 0.1) is 0 Å². The molecule has 9 N–H and O–H groups in total. The van der Waals surface area contributed by atoms with Crippen LogP contribution in [0.4, 0.5) is 0 Å². The summed E-state index contributed by atoms with van der Waals surface area (Å²) < 4.78 is 0. The Bertz CT molecular complexity index is 2420. The van der Waals surface area contributed by atoms with Gasteiger partial charge in [0.2, 0.25) is 35.4 Å². The molecule has 1 aromatic heterocycles. The summed E-state index contributed by atoms with van der Waals surface area (Å²) >= 11 is 0. The summed E-state index contributed by atoms with van der Waals surface area (Å²) in [5, 5.41) is 12.7. The number of fused-ring (bicyclic) bond motifs is 1. The number of benzene rings is 4. The van der Waals surface area contributed by atoms with Crippen LogP contribution in [0.25, 0.3) is 10.9 Å². The van der Waals surface area contributed by atoms with Crippen LogP contribution in [0.2, 0.25) is 0 Å². The SMILES string of the molecule is NCCC[C@H](NC(=O)CC(c1ccccc1)c1ccccc1)C(=O)N1CCC[C@H]1C(=O)N[C@@H](CC1CCCCC1)C(=O)N[C@@H](Cc1c[nH]c2ccccc12)C(=O)N[C@@H](Cc1ccccc1)C(N)=O. The van der Waals surface area contributed by atoms with Gasteiger partial charge in [0.15, 0.2) is 0 Å². The zero-order chi connectivity index (χ0) is 47.8. The topological polar surface area (TPSA) is 222 Å². The Morgan fingerprint density at radius 3 is 1.93 bits per heavy atom. The molecule has 1 aliphatic carbocycles. The number of likely N-dealkylation sites (tertiary alicyclic amines) is 1. The largest absolute Gasteiger partial charge is 0.368 e. The van der Waals surface area contributed by atoms with E-state index in [9.17, 15) is 28.8 Å². The Balaban J connectivity index is 1.09. The van der Waals surface area contributed by atoms with E-state index in [4.69, 9.17) is 11.5 Å². The van der Waals surface area contributed by atoms with Gasteiger partial charge in [0, 0.05) is 48.8 Å². The fourth-order valence-electron chi connectivity index (χ4n) is 9.92. The zero-order valence-corrected chi connectivity index (χ0v) is 38.7. The van der Waals surface area contributed by atoms with E-state index in [2.05, 4.69) is 26.3 Å². The quantitative estimate of drug-likeness (QED) is 0.0485. The molecule has 358 valence electrons. The van der Waals surface area contributed by atoms with Gasteiger partial charge in [-0.25, -0.2) is 0 Å². The maximum atomic E-state index is 14.7. The lowest BCUT2D eigenvalue weighted by molar-refractivity contribution is -0.142. The number of carbonyl (C=O) groups excluding carboxylic acids is 6. The molecule has 1 saturated heterocycles. The molecule has 1 saturated carbocycles. The fourth-order valence-corrected chi connectivity index (χ4v) is 9.92. The third-order valence-corrected chi connectivity index (χ3v) is 13.6. The molecular formula is C54H66N8O6. The van der Waals surface area contributed by atoms with E-state index in [0.717, 1.165) is 65.3 Å². The minimum absolute atomic E-state index is 0.0841. The van der Waals surface area contributed by atoms with E-state index in [-0.39, 0.29) is 42.9 Å². The molecule has 6 amide bonds. The number of rotatable bonds is 22. The summed E-state index contributed by atoms with van der Waals surface area (Å²) in [7, 11) is 0. The van der Waals surface area contributed by atoms with Gasteiger partial charge in [-0.1, -0.05) is 141 Å². The Morgan fingerprint density at radius 1 is 0.647 bits per heavy atom. The molecule has 5 aromatic rings. The van der Waals surface area contributed by atoms with Crippen molar-refractivity contribution in [2.75, 3.05) is 13.1 Å². The van der Waals surface area contributed by atoms with Crippen LogP contribution in [0.1, 0.15) is 98.8 Å². The number of para-hydroxylation sites is 1. The van der Waals surface area contributed by atoms with Gasteiger partial charge in [-0.3, -0.25) is 28.8 Å². The first-order valence-electron chi connectivity index (χ1n) is 24.3. The number of hydrogen-bond donors (Lipinski definition) is 7. The van der Waals surface area contributed by atoms with E-state index in [1.54, 1.807) is 6.20 Å². The normalized spacial score (nSPS) is 16.9. The molecule has 5 atom stereocenters. The molecule has 0 radical (unpaired) electrons. The van der Waals surface area contributed by atoms with Crippen molar-refractivity contribution in [3.8, 4) is 0 Å². The third-order valence-electron chi connectivity index (χ3n) is 13.6. The monoisotopic (exact) mass is 923 g/mol. The predicted molar refractivity (Wildman–Crippen MR) is 263 cm³/mol. The molecular weight excluding hydrogens is 857 g/mol. The van der Waals surface area contributed by atoms with Crippen molar-refractivity contribution >= 4 is 46.3 Å². The van der Waals surface area contributed by atoms with Gasteiger partial charge >= 0.3 is 0 Å². The lowest BCUT2D eigenvalue weighted by Gasteiger charge is -2.32. The summed E-state index contributed by atoms with van der Waals surface area (Å²) in [5.74, 6) is -3.09. The standard InChI is InChI=1S/C54H66N8O6/c55-29-15-27-44(58-49(63)34-42(38-21-9-3-10-22-38)39-23-11-4-12-24-39)54(68)62-30-16-28-48(62)53(67)61-46(32-37-19-7-2-8-20-37)51(65)60-47(33-40-35-57-43-26-14-13-25-41(40)43)52(66)59-45(50(56)64)31-36-17-5-1-6-18-36/h1,3-6,9-14,17-18,21-26,35,37,42,44-48,57H,2,7-8,15-16,19-20,27-34,55H2,(H2,56,64)(H,58,63)(H,59,66)(H,60,65)(H,61,67)/t44-,45-,46-,47-,48-/m0/s1. The van der Waals surface area contributed by atoms with E-state index < -0.39 is 53.8 Å². The predicted octanol–water partition coefficient (Wildman–Crippen LogP) is 5.30. The zero-order valence-electron chi connectivity index (χ0n) is 38.7. The molecule has 0 bridgehead atoms. The van der Waals surface area contributed by atoms with Crippen LogP contribution in [-0.2, 0) is 41.6 Å².